The molecule has 2 atom stereocenters. The number of nitrogens with one attached hydrogen (secondary N) is 1. The molecule has 3 aromatic carbocycles. The molecule has 7 heteroatoms. The minimum absolute atomic E-state index is 0.0407. The fourth-order valence-electron chi connectivity index (χ4n) is 4.68. The van der Waals surface area contributed by atoms with E-state index in [9.17, 15) is 19.5 Å². The lowest BCUT2D eigenvalue weighted by molar-refractivity contribution is -0.145. The molecule has 3 rings (SSSR count). The molecule has 0 radical (unpaired) electrons. The van der Waals surface area contributed by atoms with Crippen molar-refractivity contribution < 1.29 is 24.2 Å². The van der Waals surface area contributed by atoms with Crippen molar-refractivity contribution in [2.75, 3.05) is 19.7 Å². The first-order chi connectivity index (χ1) is 19.6. The zero-order valence-electron chi connectivity index (χ0n) is 24.5. The van der Waals surface area contributed by atoms with E-state index in [1.807, 2.05) is 113 Å². The minimum atomic E-state index is -1.19. The standard InChI is InChI=1S/C34H42N2O5/c1-24(2)22-36(20-19-31(37)41-23-25(3)4)34(40)35-32(33(38)39)30(21-26-11-7-5-8-12-26)29-17-15-28(16-18-29)27-13-9-6-10-14-27/h5-18,24-25,30,32H,19-23H2,1-4H3,(H,35,40)(H,38,39)/t30?,32-/m0/s1. The van der Waals surface area contributed by atoms with Gasteiger partial charge in [-0.1, -0.05) is 113 Å². The lowest BCUT2D eigenvalue weighted by Gasteiger charge is -2.30. The maximum Gasteiger partial charge on any atom is 0.326 e. The van der Waals surface area contributed by atoms with Crippen LogP contribution in [0.1, 0.15) is 51.2 Å². The summed E-state index contributed by atoms with van der Waals surface area (Å²) in [6.45, 7) is 8.70. The number of amides is 2. The van der Waals surface area contributed by atoms with Crippen molar-refractivity contribution in [1.82, 2.24) is 10.2 Å². The third-order valence-corrected chi connectivity index (χ3v) is 6.73. The van der Waals surface area contributed by atoms with E-state index >= 15 is 0 Å². The fourth-order valence-corrected chi connectivity index (χ4v) is 4.68. The number of carboxylic acids is 1. The first kappa shape index (κ1) is 31.4. The van der Waals surface area contributed by atoms with Crippen LogP contribution in [0.4, 0.5) is 4.79 Å². The summed E-state index contributed by atoms with van der Waals surface area (Å²) in [6.07, 6.45) is 0.466. The van der Waals surface area contributed by atoms with E-state index in [4.69, 9.17) is 4.74 Å². The fraction of sp³-hybridized carbons (Fsp3) is 0.382. The van der Waals surface area contributed by atoms with Crippen molar-refractivity contribution in [3.05, 3.63) is 96.1 Å². The molecule has 41 heavy (non-hydrogen) atoms. The number of rotatable bonds is 14. The number of carbonyl (C=O) groups is 3. The summed E-state index contributed by atoms with van der Waals surface area (Å²) in [7, 11) is 0. The Morgan fingerprint density at radius 3 is 1.95 bits per heavy atom. The Labute approximate surface area is 243 Å². The molecule has 0 spiro atoms. The van der Waals surface area contributed by atoms with Gasteiger partial charge in [0.1, 0.15) is 6.04 Å². The van der Waals surface area contributed by atoms with E-state index in [-0.39, 0.29) is 30.8 Å². The van der Waals surface area contributed by atoms with Crippen molar-refractivity contribution in [1.29, 1.82) is 0 Å². The number of nitrogens with zero attached hydrogens (tertiary/aromatic N) is 1. The monoisotopic (exact) mass is 558 g/mol. The Kier molecular flexibility index (Phi) is 11.9. The average Bonchev–Trinajstić information content (AvgIpc) is 2.96. The van der Waals surface area contributed by atoms with Gasteiger partial charge in [-0.15, -0.1) is 0 Å². The molecule has 1 unspecified atom stereocenters. The maximum absolute atomic E-state index is 13.5. The van der Waals surface area contributed by atoms with Crippen molar-refractivity contribution in [2.45, 2.75) is 52.5 Å². The highest BCUT2D eigenvalue weighted by Crippen LogP contribution is 2.28. The second-order valence-electron chi connectivity index (χ2n) is 11.2. The zero-order valence-corrected chi connectivity index (χ0v) is 24.5. The molecule has 218 valence electrons. The molecular formula is C34H42N2O5. The van der Waals surface area contributed by atoms with Crippen LogP contribution < -0.4 is 5.32 Å². The van der Waals surface area contributed by atoms with Crippen LogP contribution in [0.5, 0.6) is 0 Å². The topological polar surface area (TPSA) is 95.9 Å². The molecular weight excluding hydrogens is 516 g/mol. The summed E-state index contributed by atoms with van der Waals surface area (Å²) in [4.78, 5) is 39.9. The van der Waals surface area contributed by atoms with Gasteiger partial charge in [0.15, 0.2) is 0 Å². The smallest absolute Gasteiger partial charge is 0.326 e. The van der Waals surface area contributed by atoms with Gasteiger partial charge in [0.25, 0.3) is 0 Å². The van der Waals surface area contributed by atoms with Gasteiger partial charge >= 0.3 is 18.0 Å². The molecule has 0 saturated heterocycles. The Morgan fingerprint density at radius 1 is 0.805 bits per heavy atom. The van der Waals surface area contributed by atoms with Gasteiger partial charge in [0.05, 0.1) is 13.0 Å². The highest BCUT2D eigenvalue weighted by Gasteiger charge is 2.33. The number of esters is 1. The van der Waals surface area contributed by atoms with E-state index in [0.29, 0.717) is 19.6 Å². The number of benzene rings is 3. The molecule has 0 heterocycles. The normalized spacial score (nSPS) is 12.5. The average molecular weight is 559 g/mol. The second-order valence-corrected chi connectivity index (χ2v) is 11.2. The Morgan fingerprint density at radius 2 is 1.39 bits per heavy atom. The number of aliphatic carboxylic acids is 1. The number of carboxylic acid groups (broad SMARTS) is 1. The van der Waals surface area contributed by atoms with E-state index in [1.165, 1.54) is 4.90 Å². The molecule has 3 aromatic rings. The van der Waals surface area contributed by atoms with E-state index < -0.39 is 24.0 Å². The minimum Gasteiger partial charge on any atom is -0.480 e. The van der Waals surface area contributed by atoms with Gasteiger partial charge in [-0.3, -0.25) is 4.79 Å². The van der Waals surface area contributed by atoms with Crippen molar-refractivity contribution in [3.8, 4) is 11.1 Å². The molecule has 0 aliphatic rings. The first-order valence-electron chi connectivity index (χ1n) is 14.3. The predicted octanol–water partition coefficient (Wildman–Crippen LogP) is 6.39. The van der Waals surface area contributed by atoms with E-state index in [1.54, 1.807) is 0 Å². The summed E-state index contributed by atoms with van der Waals surface area (Å²) in [5.74, 6) is -1.68. The van der Waals surface area contributed by atoms with Crippen LogP contribution in [0.3, 0.4) is 0 Å². The quantitative estimate of drug-likeness (QED) is 0.224. The maximum atomic E-state index is 13.5. The molecule has 0 fully saturated rings. The second kappa shape index (κ2) is 15.6. The van der Waals surface area contributed by atoms with Crippen molar-refractivity contribution in [3.63, 3.8) is 0 Å². The molecule has 7 nitrogen and oxygen atoms in total. The zero-order chi connectivity index (χ0) is 29.8. The van der Waals surface area contributed by atoms with Crippen LogP contribution in [0.15, 0.2) is 84.9 Å². The largest absolute Gasteiger partial charge is 0.480 e. The molecule has 2 amide bonds. The van der Waals surface area contributed by atoms with Crippen LogP contribution in [0.25, 0.3) is 11.1 Å². The summed E-state index contributed by atoms with van der Waals surface area (Å²) in [5, 5.41) is 13.2. The van der Waals surface area contributed by atoms with Crippen LogP contribution in [-0.4, -0.2) is 53.7 Å². The van der Waals surface area contributed by atoms with Crippen LogP contribution in [0, 0.1) is 11.8 Å². The Bertz CT molecular complexity index is 1240. The molecule has 0 saturated carbocycles. The number of carbonyl (C=O) groups excluding carboxylic acids is 2. The van der Waals surface area contributed by atoms with E-state index in [0.717, 1.165) is 22.3 Å². The van der Waals surface area contributed by atoms with Crippen LogP contribution in [0.2, 0.25) is 0 Å². The summed E-state index contributed by atoms with van der Waals surface area (Å²) in [6, 6.07) is 25.8. The highest BCUT2D eigenvalue weighted by atomic mass is 16.5. The molecule has 2 N–H and O–H groups in total. The number of hydrogen-bond donors (Lipinski definition) is 2. The van der Waals surface area contributed by atoms with Gasteiger partial charge in [0.2, 0.25) is 0 Å². The van der Waals surface area contributed by atoms with Gasteiger partial charge < -0.3 is 20.1 Å². The van der Waals surface area contributed by atoms with Crippen molar-refractivity contribution >= 4 is 18.0 Å². The number of ether oxygens (including phenoxy) is 1. The first-order valence-corrected chi connectivity index (χ1v) is 14.3. The van der Waals surface area contributed by atoms with Crippen molar-refractivity contribution in [2.24, 2.45) is 11.8 Å². The van der Waals surface area contributed by atoms with E-state index in [2.05, 4.69) is 5.32 Å². The van der Waals surface area contributed by atoms with Crippen LogP contribution >= 0.6 is 0 Å². The van der Waals surface area contributed by atoms with Crippen LogP contribution in [-0.2, 0) is 20.7 Å². The molecule has 0 aromatic heterocycles. The van der Waals surface area contributed by atoms with Gasteiger partial charge in [-0.05, 0) is 40.5 Å². The third kappa shape index (κ3) is 10.1. The molecule has 0 bridgehead atoms. The summed E-state index contributed by atoms with van der Waals surface area (Å²) < 4.78 is 5.27. The number of urea groups is 1. The molecule has 0 aliphatic heterocycles. The Hall–Kier alpha value is -4.13. The lowest BCUT2D eigenvalue weighted by Crippen LogP contribution is -2.52. The predicted molar refractivity (Wildman–Crippen MR) is 162 cm³/mol. The third-order valence-electron chi connectivity index (χ3n) is 6.73. The number of hydrogen-bond acceptors (Lipinski definition) is 4. The lowest BCUT2D eigenvalue weighted by atomic mass is 9.85. The van der Waals surface area contributed by atoms with Gasteiger partial charge in [-0.2, -0.15) is 0 Å². The molecule has 0 aliphatic carbocycles. The highest BCUT2D eigenvalue weighted by molar-refractivity contribution is 5.84. The SMILES string of the molecule is CC(C)COC(=O)CCN(CC(C)C)C(=O)N[C@H](C(=O)O)C(Cc1ccccc1)c1ccc(-c2ccccc2)cc1. The summed E-state index contributed by atoms with van der Waals surface area (Å²) in [5.41, 5.74) is 3.88. The Balaban J connectivity index is 1.85. The van der Waals surface area contributed by atoms with Gasteiger partial charge in [0, 0.05) is 19.0 Å². The summed E-state index contributed by atoms with van der Waals surface area (Å²) >= 11 is 0. The van der Waals surface area contributed by atoms with Gasteiger partial charge in [-0.25, -0.2) is 9.59 Å².